The predicted molar refractivity (Wildman–Crippen MR) is 62.6 cm³/mol. The molecule has 1 amide bonds. The fourth-order valence-corrected chi connectivity index (χ4v) is 2.03. The molecule has 0 fully saturated rings. The summed E-state index contributed by atoms with van der Waals surface area (Å²) in [7, 11) is 3.10. The molecule has 0 saturated heterocycles. The third-order valence-electron chi connectivity index (χ3n) is 2.92. The van der Waals surface area contributed by atoms with Crippen molar-refractivity contribution in [3.8, 4) is 11.5 Å². The molecule has 1 aliphatic rings. The number of fused-ring (bicyclic) bond motifs is 1. The van der Waals surface area contributed by atoms with E-state index in [0.29, 0.717) is 17.2 Å². The highest BCUT2D eigenvalue weighted by molar-refractivity contribution is 5.96. The summed E-state index contributed by atoms with van der Waals surface area (Å²) in [4.78, 5) is 11.5. The summed E-state index contributed by atoms with van der Waals surface area (Å²) in [6.07, 6.45) is 0.278. The average Bonchev–Trinajstić information content (AvgIpc) is 2.36. The number of amides is 1. The minimum atomic E-state index is -0.206. The second kappa shape index (κ2) is 4.63. The fraction of sp³-hybridized carbons (Fsp3) is 0.417. The minimum Gasteiger partial charge on any atom is -0.497 e. The van der Waals surface area contributed by atoms with Gasteiger partial charge in [-0.25, -0.2) is 0 Å². The molecule has 1 aromatic rings. The smallest absolute Gasteiger partial charge is 0.225 e. The number of benzene rings is 1. The molecule has 2 rings (SSSR count). The lowest BCUT2D eigenvalue weighted by atomic mass is 9.90. The number of ether oxygens (including phenoxy) is 2. The highest BCUT2D eigenvalue weighted by Crippen LogP contribution is 2.41. The Bertz CT molecular complexity index is 444. The summed E-state index contributed by atoms with van der Waals surface area (Å²) in [5.74, 6) is 0.879. The van der Waals surface area contributed by atoms with Crippen molar-refractivity contribution in [2.24, 2.45) is 0 Å². The van der Waals surface area contributed by atoms with Gasteiger partial charge in [-0.1, -0.05) is 0 Å². The van der Waals surface area contributed by atoms with Crippen molar-refractivity contribution in [2.75, 3.05) is 26.1 Å². The van der Waals surface area contributed by atoms with Gasteiger partial charge in [0.05, 0.1) is 26.5 Å². The Kier molecular flexibility index (Phi) is 3.19. The van der Waals surface area contributed by atoms with Crippen LogP contribution in [0.1, 0.15) is 17.9 Å². The third-order valence-corrected chi connectivity index (χ3v) is 2.92. The van der Waals surface area contributed by atoms with Gasteiger partial charge in [0.15, 0.2) is 0 Å². The Morgan fingerprint density at radius 3 is 2.76 bits per heavy atom. The molecule has 0 radical (unpaired) electrons. The number of methoxy groups -OCH3 is 2. The Labute approximate surface area is 99.3 Å². The molecule has 1 aliphatic heterocycles. The Morgan fingerprint density at radius 1 is 1.41 bits per heavy atom. The monoisotopic (exact) mass is 237 g/mol. The molecule has 1 unspecified atom stereocenters. The van der Waals surface area contributed by atoms with Crippen LogP contribution in [0, 0.1) is 0 Å². The molecular weight excluding hydrogens is 222 g/mol. The molecule has 0 aliphatic carbocycles. The van der Waals surface area contributed by atoms with Crippen LogP contribution in [0.2, 0.25) is 0 Å². The molecular formula is C12H15NO4. The van der Waals surface area contributed by atoms with Gasteiger partial charge in [-0.2, -0.15) is 0 Å². The van der Waals surface area contributed by atoms with Crippen LogP contribution in [0.3, 0.4) is 0 Å². The van der Waals surface area contributed by atoms with Crippen molar-refractivity contribution < 1.29 is 19.4 Å². The maximum atomic E-state index is 11.5. The minimum absolute atomic E-state index is 0.0727. The molecule has 2 N–H and O–H groups in total. The number of anilines is 1. The molecule has 17 heavy (non-hydrogen) atoms. The summed E-state index contributed by atoms with van der Waals surface area (Å²) >= 11 is 0. The van der Waals surface area contributed by atoms with Crippen LogP contribution in [0.25, 0.3) is 0 Å². The van der Waals surface area contributed by atoms with E-state index in [1.54, 1.807) is 13.2 Å². The van der Waals surface area contributed by atoms with Crippen molar-refractivity contribution in [1.29, 1.82) is 0 Å². The van der Waals surface area contributed by atoms with E-state index in [2.05, 4.69) is 5.32 Å². The van der Waals surface area contributed by atoms with Crippen LogP contribution in [-0.4, -0.2) is 31.8 Å². The molecule has 0 spiro atoms. The van der Waals surface area contributed by atoms with E-state index in [0.717, 1.165) is 5.56 Å². The van der Waals surface area contributed by atoms with E-state index in [1.165, 1.54) is 7.11 Å². The summed E-state index contributed by atoms with van der Waals surface area (Å²) in [5.41, 5.74) is 1.48. The zero-order chi connectivity index (χ0) is 12.4. The maximum absolute atomic E-state index is 11.5. The normalized spacial score (nSPS) is 18.3. The van der Waals surface area contributed by atoms with Gasteiger partial charge in [0, 0.05) is 18.4 Å². The Hall–Kier alpha value is -1.75. The van der Waals surface area contributed by atoms with E-state index >= 15 is 0 Å². The topological polar surface area (TPSA) is 67.8 Å². The SMILES string of the molecule is COc1cc(OC)c2c(c1)C(CO)CC(=O)N2. The largest absolute Gasteiger partial charge is 0.497 e. The van der Waals surface area contributed by atoms with Gasteiger partial charge in [0.25, 0.3) is 0 Å². The van der Waals surface area contributed by atoms with Crippen molar-refractivity contribution in [1.82, 2.24) is 0 Å². The Morgan fingerprint density at radius 2 is 2.18 bits per heavy atom. The first-order valence-electron chi connectivity index (χ1n) is 5.36. The molecule has 0 aromatic heterocycles. The van der Waals surface area contributed by atoms with Gasteiger partial charge < -0.3 is 19.9 Å². The molecule has 0 bridgehead atoms. The second-order valence-electron chi connectivity index (χ2n) is 3.93. The van der Waals surface area contributed by atoms with Gasteiger partial charge >= 0.3 is 0 Å². The number of rotatable bonds is 3. The van der Waals surface area contributed by atoms with Crippen LogP contribution in [0.4, 0.5) is 5.69 Å². The quantitative estimate of drug-likeness (QED) is 0.826. The maximum Gasteiger partial charge on any atom is 0.225 e. The van der Waals surface area contributed by atoms with Crippen LogP contribution >= 0.6 is 0 Å². The molecule has 92 valence electrons. The van der Waals surface area contributed by atoms with Gasteiger partial charge in [0.1, 0.15) is 11.5 Å². The summed E-state index contributed by atoms with van der Waals surface area (Å²) in [5, 5.41) is 12.1. The lowest BCUT2D eigenvalue weighted by Crippen LogP contribution is -2.25. The third kappa shape index (κ3) is 2.06. The first-order valence-corrected chi connectivity index (χ1v) is 5.36. The number of aliphatic hydroxyl groups excluding tert-OH is 1. The molecule has 5 nitrogen and oxygen atoms in total. The van der Waals surface area contributed by atoms with Crippen molar-refractivity contribution in [3.63, 3.8) is 0 Å². The molecule has 0 saturated carbocycles. The van der Waals surface area contributed by atoms with Crippen molar-refractivity contribution in [3.05, 3.63) is 17.7 Å². The summed E-state index contributed by atoms with van der Waals surface area (Å²) < 4.78 is 10.4. The lowest BCUT2D eigenvalue weighted by Gasteiger charge is -2.26. The number of carbonyl (C=O) groups excluding carboxylic acids is 1. The average molecular weight is 237 g/mol. The van der Waals surface area contributed by atoms with E-state index < -0.39 is 0 Å². The van der Waals surface area contributed by atoms with Crippen LogP contribution < -0.4 is 14.8 Å². The van der Waals surface area contributed by atoms with Gasteiger partial charge in [-0.15, -0.1) is 0 Å². The number of aliphatic hydroxyl groups is 1. The highest BCUT2D eigenvalue weighted by atomic mass is 16.5. The Balaban J connectivity index is 2.55. The highest BCUT2D eigenvalue weighted by Gasteiger charge is 2.27. The first kappa shape index (κ1) is 11.7. The summed E-state index contributed by atoms with van der Waals surface area (Å²) in [6, 6.07) is 3.52. The zero-order valence-electron chi connectivity index (χ0n) is 9.82. The zero-order valence-corrected chi connectivity index (χ0v) is 9.82. The van der Waals surface area contributed by atoms with Gasteiger partial charge in [0.2, 0.25) is 5.91 Å². The van der Waals surface area contributed by atoms with Crippen LogP contribution in [0.15, 0.2) is 12.1 Å². The van der Waals surface area contributed by atoms with E-state index in [-0.39, 0.29) is 24.9 Å². The van der Waals surface area contributed by atoms with Crippen molar-refractivity contribution >= 4 is 11.6 Å². The number of nitrogens with one attached hydrogen (secondary N) is 1. The lowest BCUT2D eigenvalue weighted by molar-refractivity contribution is -0.117. The molecule has 1 atom stereocenters. The molecule has 1 heterocycles. The fourth-order valence-electron chi connectivity index (χ4n) is 2.03. The van der Waals surface area contributed by atoms with E-state index in [1.807, 2.05) is 6.07 Å². The number of hydrogen-bond acceptors (Lipinski definition) is 4. The standard InChI is InChI=1S/C12H15NO4/c1-16-8-4-9-7(6-14)3-11(15)13-12(9)10(5-8)17-2/h4-5,7,14H,3,6H2,1-2H3,(H,13,15). The first-order chi connectivity index (χ1) is 8.19. The number of hydrogen-bond donors (Lipinski definition) is 2. The van der Waals surface area contributed by atoms with Gasteiger partial charge in [-0.3, -0.25) is 4.79 Å². The van der Waals surface area contributed by atoms with E-state index in [4.69, 9.17) is 9.47 Å². The molecule has 1 aromatic carbocycles. The van der Waals surface area contributed by atoms with Crippen LogP contribution in [0.5, 0.6) is 11.5 Å². The van der Waals surface area contributed by atoms with E-state index in [9.17, 15) is 9.90 Å². The van der Waals surface area contributed by atoms with Crippen LogP contribution in [-0.2, 0) is 4.79 Å². The molecule has 5 heteroatoms. The second-order valence-corrected chi connectivity index (χ2v) is 3.93. The van der Waals surface area contributed by atoms with Crippen molar-refractivity contribution in [2.45, 2.75) is 12.3 Å². The summed E-state index contributed by atoms with van der Waals surface area (Å²) in [6.45, 7) is -0.0727. The number of carbonyl (C=O) groups is 1. The van der Waals surface area contributed by atoms with Gasteiger partial charge in [-0.05, 0) is 11.6 Å². The predicted octanol–water partition coefficient (Wildman–Crippen LogP) is 1.12.